The SMILES string of the molecule is Cc1ccc(N)cc1C(=O)NCCC1CCCC1.Cl. The number of nitrogen functional groups attached to an aromatic ring is 1. The Balaban J connectivity index is 0.00000180. The number of nitrogens with two attached hydrogens (primary N) is 1. The van der Waals surface area contributed by atoms with Crippen LogP contribution in [0.1, 0.15) is 48.0 Å². The van der Waals surface area contributed by atoms with Crippen LogP contribution in [0, 0.1) is 12.8 Å². The highest BCUT2D eigenvalue weighted by Crippen LogP contribution is 2.26. The van der Waals surface area contributed by atoms with Gasteiger partial charge in [0.25, 0.3) is 5.91 Å². The zero-order valence-electron chi connectivity index (χ0n) is 11.4. The molecule has 0 heterocycles. The van der Waals surface area contributed by atoms with Crippen LogP contribution >= 0.6 is 12.4 Å². The summed E-state index contributed by atoms with van der Waals surface area (Å²) in [5.74, 6) is 0.810. The van der Waals surface area contributed by atoms with E-state index in [9.17, 15) is 4.79 Å². The molecule has 0 saturated heterocycles. The standard InChI is InChI=1S/C15H22N2O.ClH/c1-11-6-7-13(16)10-14(11)15(18)17-9-8-12-4-2-3-5-12;/h6-7,10,12H,2-5,8-9,16H2,1H3,(H,17,18);1H. The largest absolute Gasteiger partial charge is 0.399 e. The van der Waals surface area contributed by atoms with E-state index in [1.165, 1.54) is 25.7 Å². The summed E-state index contributed by atoms with van der Waals surface area (Å²) in [7, 11) is 0. The number of carbonyl (C=O) groups excluding carboxylic acids is 1. The normalized spacial score (nSPS) is 15.0. The smallest absolute Gasteiger partial charge is 0.251 e. The molecule has 106 valence electrons. The zero-order chi connectivity index (χ0) is 13.0. The van der Waals surface area contributed by atoms with Crippen LogP contribution in [0.4, 0.5) is 5.69 Å². The van der Waals surface area contributed by atoms with Crippen molar-refractivity contribution in [3.63, 3.8) is 0 Å². The van der Waals surface area contributed by atoms with Gasteiger partial charge in [-0.05, 0) is 37.0 Å². The Hall–Kier alpha value is -1.22. The lowest BCUT2D eigenvalue weighted by molar-refractivity contribution is 0.0951. The predicted octanol–water partition coefficient (Wildman–Crippen LogP) is 3.31. The number of aryl methyl sites for hydroxylation is 1. The summed E-state index contributed by atoms with van der Waals surface area (Å²) in [6.07, 6.45) is 6.47. The van der Waals surface area contributed by atoms with Crippen molar-refractivity contribution >= 4 is 24.0 Å². The average molecular weight is 283 g/mol. The first-order valence-electron chi connectivity index (χ1n) is 6.81. The van der Waals surface area contributed by atoms with Crippen molar-refractivity contribution in [2.24, 2.45) is 5.92 Å². The molecule has 0 bridgehead atoms. The fraction of sp³-hybridized carbons (Fsp3) is 0.533. The summed E-state index contributed by atoms with van der Waals surface area (Å²) in [5, 5.41) is 3.00. The van der Waals surface area contributed by atoms with Crippen LogP contribution in [0.3, 0.4) is 0 Å². The van der Waals surface area contributed by atoms with Crippen molar-refractivity contribution in [2.45, 2.75) is 39.0 Å². The minimum absolute atomic E-state index is 0. The van der Waals surface area contributed by atoms with E-state index in [4.69, 9.17) is 5.73 Å². The number of benzene rings is 1. The maximum absolute atomic E-state index is 12.0. The van der Waals surface area contributed by atoms with E-state index in [1.54, 1.807) is 6.07 Å². The highest BCUT2D eigenvalue weighted by Gasteiger charge is 2.15. The quantitative estimate of drug-likeness (QED) is 0.833. The molecule has 1 aliphatic rings. The van der Waals surface area contributed by atoms with Gasteiger partial charge in [-0.25, -0.2) is 0 Å². The van der Waals surface area contributed by atoms with Gasteiger partial charge in [0.2, 0.25) is 0 Å². The molecule has 1 aromatic rings. The van der Waals surface area contributed by atoms with Crippen molar-refractivity contribution in [1.29, 1.82) is 0 Å². The summed E-state index contributed by atoms with van der Waals surface area (Å²) in [4.78, 5) is 12.0. The highest BCUT2D eigenvalue weighted by atomic mass is 35.5. The number of halogens is 1. The van der Waals surface area contributed by atoms with Crippen molar-refractivity contribution in [2.75, 3.05) is 12.3 Å². The first kappa shape index (κ1) is 15.8. The molecule has 1 aliphatic carbocycles. The Morgan fingerprint density at radius 1 is 1.37 bits per heavy atom. The Kier molecular flexibility index (Phi) is 6.16. The molecule has 3 N–H and O–H groups in total. The minimum atomic E-state index is -0.00204. The number of rotatable bonds is 4. The maximum atomic E-state index is 12.0. The third-order valence-corrected chi connectivity index (χ3v) is 3.82. The molecule has 3 nitrogen and oxygen atoms in total. The fourth-order valence-electron chi connectivity index (χ4n) is 2.67. The molecule has 4 heteroatoms. The van der Waals surface area contributed by atoms with Gasteiger partial charge in [0.1, 0.15) is 0 Å². The monoisotopic (exact) mass is 282 g/mol. The van der Waals surface area contributed by atoms with E-state index in [1.807, 2.05) is 19.1 Å². The lowest BCUT2D eigenvalue weighted by Gasteiger charge is -2.11. The second-order valence-electron chi connectivity index (χ2n) is 5.27. The summed E-state index contributed by atoms with van der Waals surface area (Å²) < 4.78 is 0. The van der Waals surface area contributed by atoms with Crippen LogP contribution in [-0.2, 0) is 0 Å². The molecule has 0 atom stereocenters. The first-order valence-corrected chi connectivity index (χ1v) is 6.81. The molecule has 1 aromatic carbocycles. The lowest BCUT2D eigenvalue weighted by atomic mass is 10.0. The number of hydrogen-bond donors (Lipinski definition) is 2. The van der Waals surface area contributed by atoms with Crippen LogP contribution in [0.2, 0.25) is 0 Å². The second-order valence-corrected chi connectivity index (χ2v) is 5.27. The number of anilines is 1. The Bertz CT molecular complexity index is 428. The molecule has 0 aromatic heterocycles. The Morgan fingerprint density at radius 3 is 2.74 bits per heavy atom. The lowest BCUT2D eigenvalue weighted by Crippen LogP contribution is -2.26. The molecule has 0 radical (unpaired) electrons. The van der Waals surface area contributed by atoms with Crippen LogP contribution in [0.5, 0.6) is 0 Å². The molecule has 1 fully saturated rings. The van der Waals surface area contributed by atoms with Gasteiger partial charge in [-0.15, -0.1) is 12.4 Å². The summed E-state index contributed by atoms with van der Waals surface area (Å²) in [5.41, 5.74) is 8.02. The fourth-order valence-corrected chi connectivity index (χ4v) is 2.67. The third kappa shape index (κ3) is 4.43. The maximum Gasteiger partial charge on any atom is 0.251 e. The van der Waals surface area contributed by atoms with E-state index in [0.29, 0.717) is 11.3 Å². The number of hydrogen-bond acceptors (Lipinski definition) is 2. The van der Waals surface area contributed by atoms with E-state index in [-0.39, 0.29) is 18.3 Å². The summed E-state index contributed by atoms with van der Waals surface area (Å²) in [6.45, 7) is 2.71. The molecular formula is C15H23ClN2O. The summed E-state index contributed by atoms with van der Waals surface area (Å²) in [6, 6.07) is 5.46. The zero-order valence-corrected chi connectivity index (χ0v) is 12.3. The predicted molar refractivity (Wildman–Crippen MR) is 81.7 cm³/mol. The number of amides is 1. The van der Waals surface area contributed by atoms with Crippen molar-refractivity contribution in [1.82, 2.24) is 5.32 Å². The third-order valence-electron chi connectivity index (χ3n) is 3.82. The molecular weight excluding hydrogens is 260 g/mol. The molecule has 0 spiro atoms. The molecule has 2 rings (SSSR count). The van der Waals surface area contributed by atoms with Gasteiger partial charge >= 0.3 is 0 Å². The molecule has 1 amide bonds. The van der Waals surface area contributed by atoms with Gasteiger partial charge < -0.3 is 11.1 Å². The van der Waals surface area contributed by atoms with Crippen molar-refractivity contribution < 1.29 is 4.79 Å². The average Bonchev–Trinajstić information content (AvgIpc) is 2.85. The van der Waals surface area contributed by atoms with Gasteiger partial charge in [-0.1, -0.05) is 31.7 Å². The van der Waals surface area contributed by atoms with E-state index in [0.717, 1.165) is 24.4 Å². The number of nitrogens with one attached hydrogen (secondary N) is 1. The van der Waals surface area contributed by atoms with Crippen LogP contribution in [0.25, 0.3) is 0 Å². The van der Waals surface area contributed by atoms with Gasteiger partial charge in [0, 0.05) is 17.8 Å². The van der Waals surface area contributed by atoms with E-state index in [2.05, 4.69) is 5.32 Å². The van der Waals surface area contributed by atoms with Gasteiger partial charge in [-0.2, -0.15) is 0 Å². The molecule has 1 saturated carbocycles. The Morgan fingerprint density at radius 2 is 2.05 bits per heavy atom. The van der Waals surface area contributed by atoms with E-state index < -0.39 is 0 Å². The van der Waals surface area contributed by atoms with E-state index >= 15 is 0 Å². The molecule has 0 unspecified atom stereocenters. The highest BCUT2D eigenvalue weighted by molar-refractivity contribution is 5.96. The van der Waals surface area contributed by atoms with Crippen molar-refractivity contribution in [3.05, 3.63) is 29.3 Å². The molecule has 0 aliphatic heterocycles. The Labute approximate surface area is 121 Å². The minimum Gasteiger partial charge on any atom is -0.399 e. The summed E-state index contributed by atoms with van der Waals surface area (Å²) >= 11 is 0. The van der Waals surface area contributed by atoms with Crippen molar-refractivity contribution in [3.8, 4) is 0 Å². The first-order chi connectivity index (χ1) is 8.66. The van der Waals surface area contributed by atoms with Gasteiger partial charge in [-0.3, -0.25) is 4.79 Å². The van der Waals surface area contributed by atoms with Crippen LogP contribution in [0.15, 0.2) is 18.2 Å². The van der Waals surface area contributed by atoms with Crippen LogP contribution in [-0.4, -0.2) is 12.5 Å². The van der Waals surface area contributed by atoms with Gasteiger partial charge in [0.15, 0.2) is 0 Å². The van der Waals surface area contributed by atoms with Crippen LogP contribution < -0.4 is 11.1 Å². The van der Waals surface area contributed by atoms with Gasteiger partial charge in [0.05, 0.1) is 0 Å². The molecule has 19 heavy (non-hydrogen) atoms. The topological polar surface area (TPSA) is 55.1 Å². The second kappa shape index (κ2) is 7.39. The number of carbonyl (C=O) groups is 1.